The number of imidazole rings is 1. The Morgan fingerprint density at radius 1 is 1.00 bits per heavy atom. The standard InChI is InChI=1S/C17H16N4/c1-12-16(20-15(18)13-8-4-2-5-9-13)21-17(19-12)14-10-6-3-7-11-14/h2-11H,1H3,(H2,18,20)(H,19,21). The molecule has 0 bridgehead atoms. The fourth-order valence-electron chi connectivity index (χ4n) is 2.08. The second-order valence-corrected chi connectivity index (χ2v) is 4.76. The van der Waals surface area contributed by atoms with Crippen LogP contribution in [0.2, 0.25) is 0 Å². The molecule has 0 aliphatic rings. The molecular formula is C17H16N4. The number of amidine groups is 1. The number of aromatic amines is 1. The highest BCUT2D eigenvalue weighted by atomic mass is 15.0. The Balaban J connectivity index is 1.96. The van der Waals surface area contributed by atoms with Gasteiger partial charge in [0.25, 0.3) is 0 Å². The van der Waals surface area contributed by atoms with E-state index in [1.165, 1.54) is 0 Å². The van der Waals surface area contributed by atoms with E-state index in [1.54, 1.807) is 0 Å². The first-order chi connectivity index (χ1) is 10.2. The normalized spacial score (nSPS) is 11.6. The van der Waals surface area contributed by atoms with E-state index in [-0.39, 0.29) is 0 Å². The number of nitrogens with one attached hydrogen (secondary N) is 1. The lowest BCUT2D eigenvalue weighted by Gasteiger charge is -1.99. The molecule has 3 N–H and O–H groups in total. The molecule has 21 heavy (non-hydrogen) atoms. The van der Waals surface area contributed by atoms with Gasteiger partial charge in [-0.05, 0) is 6.92 Å². The SMILES string of the molecule is Cc1[nH]c(-c2ccccc2)nc1/N=C(\N)c1ccccc1. The summed E-state index contributed by atoms with van der Waals surface area (Å²) >= 11 is 0. The fraction of sp³-hybridized carbons (Fsp3) is 0.0588. The molecule has 0 saturated carbocycles. The van der Waals surface area contributed by atoms with Crippen LogP contribution < -0.4 is 5.73 Å². The van der Waals surface area contributed by atoms with Gasteiger partial charge < -0.3 is 10.7 Å². The van der Waals surface area contributed by atoms with Crippen LogP contribution in [0.15, 0.2) is 65.7 Å². The van der Waals surface area contributed by atoms with Gasteiger partial charge in [0.2, 0.25) is 0 Å². The van der Waals surface area contributed by atoms with Crippen molar-refractivity contribution in [2.75, 3.05) is 0 Å². The van der Waals surface area contributed by atoms with Gasteiger partial charge in [-0.15, -0.1) is 0 Å². The van der Waals surface area contributed by atoms with E-state index < -0.39 is 0 Å². The number of hydrogen-bond donors (Lipinski definition) is 2. The molecule has 104 valence electrons. The highest BCUT2D eigenvalue weighted by molar-refractivity contribution is 5.98. The van der Waals surface area contributed by atoms with Crippen LogP contribution in [0.5, 0.6) is 0 Å². The number of nitrogens with zero attached hydrogens (tertiary/aromatic N) is 2. The topological polar surface area (TPSA) is 67.1 Å². The largest absolute Gasteiger partial charge is 0.383 e. The van der Waals surface area contributed by atoms with Crippen molar-refractivity contribution in [1.82, 2.24) is 9.97 Å². The lowest BCUT2D eigenvalue weighted by Crippen LogP contribution is -2.12. The maximum Gasteiger partial charge on any atom is 0.175 e. The summed E-state index contributed by atoms with van der Waals surface area (Å²) in [6.07, 6.45) is 0. The van der Waals surface area contributed by atoms with Crippen LogP contribution in [-0.2, 0) is 0 Å². The summed E-state index contributed by atoms with van der Waals surface area (Å²) in [6, 6.07) is 19.6. The van der Waals surface area contributed by atoms with Gasteiger partial charge in [0.05, 0.1) is 5.69 Å². The van der Waals surface area contributed by atoms with Crippen LogP contribution in [0.4, 0.5) is 5.82 Å². The number of H-pyrrole nitrogens is 1. The molecule has 1 heterocycles. The minimum absolute atomic E-state index is 0.463. The zero-order valence-corrected chi connectivity index (χ0v) is 11.7. The van der Waals surface area contributed by atoms with Gasteiger partial charge in [-0.1, -0.05) is 60.7 Å². The van der Waals surface area contributed by atoms with E-state index in [9.17, 15) is 0 Å². The molecule has 0 radical (unpaired) electrons. The Hall–Kier alpha value is -2.88. The molecule has 0 unspecified atom stereocenters. The zero-order chi connectivity index (χ0) is 14.7. The molecule has 2 aromatic carbocycles. The first-order valence-electron chi connectivity index (χ1n) is 6.75. The van der Waals surface area contributed by atoms with Crippen molar-refractivity contribution >= 4 is 11.7 Å². The first kappa shape index (κ1) is 13.1. The Labute approximate surface area is 123 Å². The number of benzene rings is 2. The third-order valence-electron chi connectivity index (χ3n) is 3.20. The number of nitrogens with two attached hydrogens (primary N) is 1. The minimum atomic E-state index is 0.463. The summed E-state index contributed by atoms with van der Waals surface area (Å²) in [5.41, 5.74) is 8.85. The van der Waals surface area contributed by atoms with Crippen molar-refractivity contribution in [3.05, 3.63) is 71.9 Å². The third-order valence-corrected chi connectivity index (χ3v) is 3.20. The lowest BCUT2D eigenvalue weighted by atomic mass is 10.2. The molecule has 0 aliphatic carbocycles. The summed E-state index contributed by atoms with van der Waals surface area (Å²) in [5, 5.41) is 0. The third kappa shape index (κ3) is 2.84. The molecule has 3 aromatic rings. The van der Waals surface area contributed by atoms with E-state index in [0.717, 1.165) is 22.6 Å². The average Bonchev–Trinajstić information content (AvgIpc) is 2.90. The maximum atomic E-state index is 6.04. The smallest absolute Gasteiger partial charge is 0.175 e. The van der Waals surface area contributed by atoms with Gasteiger partial charge in [0.15, 0.2) is 5.82 Å². The maximum absolute atomic E-state index is 6.04. The number of aromatic nitrogens is 2. The van der Waals surface area contributed by atoms with Crippen molar-refractivity contribution in [3.63, 3.8) is 0 Å². The molecule has 0 amide bonds. The number of aryl methyl sites for hydroxylation is 1. The summed E-state index contributed by atoms with van der Waals surface area (Å²) in [5.74, 6) is 1.88. The number of aliphatic imine (C=N–C) groups is 1. The second-order valence-electron chi connectivity index (χ2n) is 4.76. The Morgan fingerprint density at radius 3 is 2.29 bits per heavy atom. The van der Waals surface area contributed by atoms with Gasteiger partial charge in [-0.25, -0.2) is 9.98 Å². The monoisotopic (exact) mass is 276 g/mol. The quantitative estimate of drug-likeness (QED) is 0.568. The van der Waals surface area contributed by atoms with Crippen molar-refractivity contribution in [2.45, 2.75) is 6.92 Å². The van der Waals surface area contributed by atoms with Gasteiger partial charge in [-0.2, -0.15) is 0 Å². The van der Waals surface area contributed by atoms with E-state index in [0.29, 0.717) is 11.7 Å². The van der Waals surface area contributed by atoms with Crippen molar-refractivity contribution in [3.8, 4) is 11.4 Å². The van der Waals surface area contributed by atoms with Crippen LogP contribution in [0, 0.1) is 6.92 Å². The molecule has 1 aromatic heterocycles. The van der Waals surface area contributed by atoms with Gasteiger partial charge in [0, 0.05) is 11.1 Å². The zero-order valence-electron chi connectivity index (χ0n) is 11.7. The highest BCUT2D eigenvalue weighted by Crippen LogP contribution is 2.22. The van der Waals surface area contributed by atoms with E-state index in [2.05, 4.69) is 15.0 Å². The van der Waals surface area contributed by atoms with Gasteiger partial charge in [-0.3, -0.25) is 0 Å². The molecule has 0 spiro atoms. The van der Waals surface area contributed by atoms with Crippen LogP contribution in [0.1, 0.15) is 11.3 Å². The molecule has 0 saturated heterocycles. The lowest BCUT2D eigenvalue weighted by molar-refractivity contribution is 1.25. The van der Waals surface area contributed by atoms with E-state index in [1.807, 2.05) is 67.6 Å². The average molecular weight is 276 g/mol. The predicted octanol–water partition coefficient (Wildman–Crippen LogP) is 3.42. The summed E-state index contributed by atoms with van der Waals surface area (Å²) in [4.78, 5) is 12.2. The predicted molar refractivity (Wildman–Crippen MR) is 85.6 cm³/mol. The van der Waals surface area contributed by atoms with Crippen molar-refractivity contribution in [2.24, 2.45) is 10.7 Å². The van der Waals surface area contributed by atoms with Crippen LogP contribution >= 0.6 is 0 Å². The molecular weight excluding hydrogens is 260 g/mol. The molecule has 4 heteroatoms. The van der Waals surface area contributed by atoms with Crippen LogP contribution in [-0.4, -0.2) is 15.8 Å². The van der Waals surface area contributed by atoms with Crippen LogP contribution in [0.3, 0.4) is 0 Å². The number of hydrogen-bond acceptors (Lipinski definition) is 2. The second kappa shape index (κ2) is 5.63. The number of rotatable bonds is 3. The molecule has 0 atom stereocenters. The van der Waals surface area contributed by atoms with Gasteiger partial charge >= 0.3 is 0 Å². The highest BCUT2D eigenvalue weighted by Gasteiger charge is 2.08. The van der Waals surface area contributed by atoms with E-state index >= 15 is 0 Å². The fourth-order valence-corrected chi connectivity index (χ4v) is 2.08. The Bertz CT molecular complexity index is 758. The molecule has 4 nitrogen and oxygen atoms in total. The summed E-state index contributed by atoms with van der Waals surface area (Å²) in [6.45, 7) is 1.94. The Morgan fingerprint density at radius 2 is 1.62 bits per heavy atom. The molecule has 0 fully saturated rings. The van der Waals surface area contributed by atoms with Gasteiger partial charge in [0.1, 0.15) is 11.7 Å². The van der Waals surface area contributed by atoms with Crippen LogP contribution in [0.25, 0.3) is 11.4 Å². The van der Waals surface area contributed by atoms with Crippen molar-refractivity contribution in [1.29, 1.82) is 0 Å². The first-order valence-corrected chi connectivity index (χ1v) is 6.75. The van der Waals surface area contributed by atoms with E-state index in [4.69, 9.17) is 5.73 Å². The molecule has 0 aliphatic heterocycles. The summed E-state index contributed by atoms with van der Waals surface area (Å²) in [7, 11) is 0. The van der Waals surface area contributed by atoms with Crippen molar-refractivity contribution < 1.29 is 0 Å². The Kier molecular flexibility index (Phi) is 3.51. The molecule has 3 rings (SSSR count). The summed E-state index contributed by atoms with van der Waals surface area (Å²) < 4.78 is 0. The minimum Gasteiger partial charge on any atom is -0.383 e.